The molecule has 2 fully saturated rings. The number of aromatic nitrogens is 3. The van der Waals surface area contributed by atoms with Crippen LogP contribution in [0.2, 0.25) is 16.6 Å². The summed E-state index contributed by atoms with van der Waals surface area (Å²) in [7, 11) is -0.749. The number of aryl methyl sites for hydroxylation is 1. The third-order valence-corrected chi connectivity index (χ3v) is 18.2. The number of hydrogen-bond acceptors (Lipinski definition) is 9. The van der Waals surface area contributed by atoms with Crippen molar-refractivity contribution in [3.05, 3.63) is 47.2 Å². The van der Waals surface area contributed by atoms with E-state index in [0.29, 0.717) is 88.2 Å². The third kappa shape index (κ3) is 6.93. The quantitative estimate of drug-likeness (QED) is 0.0919. The number of nitrogens with zero attached hydrogens (tertiary/aromatic N) is 4. The summed E-state index contributed by atoms with van der Waals surface area (Å²) in [5, 5.41) is 11.6. The zero-order valence-electron chi connectivity index (χ0n) is 32.5. The average Bonchev–Trinajstić information content (AvgIpc) is 3.98. The molecule has 9 nitrogen and oxygen atoms in total. The zero-order valence-corrected chi connectivity index (χ0v) is 33.5. The number of benzene rings is 2. The molecule has 1 N–H and O–H groups in total. The molecule has 0 unspecified atom stereocenters. The number of halogens is 2. The Morgan fingerprint density at radius 3 is 2.46 bits per heavy atom. The van der Waals surface area contributed by atoms with E-state index in [1.807, 2.05) is 0 Å². The predicted molar refractivity (Wildman–Crippen MR) is 210 cm³/mol. The van der Waals surface area contributed by atoms with E-state index < -0.39 is 19.7 Å². The van der Waals surface area contributed by atoms with E-state index in [2.05, 4.69) is 57.9 Å². The van der Waals surface area contributed by atoms with Crippen LogP contribution >= 0.6 is 0 Å². The van der Waals surface area contributed by atoms with E-state index in [1.165, 1.54) is 13.2 Å². The lowest BCUT2D eigenvalue weighted by Gasteiger charge is -2.38. The highest BCUT2D eigenvalue weighted by molar-refractivity contribution is 6.90. The fourth-order valence-corrected chi connectivity index (χ4v) is 14.0. The molecule has 54 heavy (non-hydrogen) atoms. The first-order valence-electron chi connectivity index (χ1n) is 19.3. The van der Waals surface area contributed by atoms with Crippen molar-refractivity contribution in [3.63, 3.8) is 0 Å². The van der Waals surface area contributed by atoms with Crippen molar-refractivity contribution in [2.24, 2.45) is 5.41 Å². The second-order valence-corrected chi connectivity index (χ2v) is 21.8. The molecule has 0 bridgehead atoms. The van der Waals surface area contributed by atoms with Crippen molar-refractivity contribution in [1.29, 1.82) is 0 Å². The lowest BCUT2D eigenvalue weighted by molar-refractivity contribution is 0.0512. The van der Waals surface area contributed by atoms with Crippen LogP contribution in [0.1, 0.15) is 78.5 Å². The van der Waals surface area contributed by atoms with Gasteiger partial charge in [0.2, 0.25) is 0 Å². The van der Waals surface area contributed by atoms with Gasteiger partial charge in [0, 0.05) is 36.6 Å². The van der Waals surface area contributed by atoms with E-state index in [0.717, 1.165) is 19.3 Å². The summed E-state index contributed by atoms with van der Waals surface area (Å²) in [4.78, 5) is 16.9. The summed E-state index contributed by atoms with van der Waals surface area (Å²) in [5.41, 5.74) is 5.68. The van der Waals surface area contributed by atoms with Crippen LogP contribution in [0.3, 0.4) is 0 Å². The van der Waals surface area contributed by atoms with E-state index >= 15 is 8.78 Å². The Morgan fingerprint density at radius 2 is 1.78 bits per heavy atom. The van der Waals surface area contributed by atoms with Crippen LogP contribution < -0.4 is 14.4 Å². The van der Waals surface area contributed by atoms with Crippen LogP contribution in [0.5, 0.6) is 11.8 Å². The highest BCUT2D eigenvalue weighted by atomic mass is 28.3. The number of methoxy groups -OCH3 is 1. The smallest absolute Gasteiger partial charge is 0.319 e. The molecule has 7 rings (SSSR count). The van der Waals surface area contributed by atoms with Crippen LogP contribution in [0, 0.1) is 28.5 Å². The van der Waals surface area contributed by atoms with Gasteiger partial charge in [0.05, 0.1) is 42.5 Å². The van der Waals surface area contributed by atoms with Gasteiger partial charge in [0.15, 0.2) is 12.6 Å². The minimum Gasteiger partial charge on any atom is -0.468 e. The van der Waals surface area contributed by atoms with Crippen LogP contribution in [-0.2, 0) is 15.9 Å². The Kier molecular flexibility index (Phi) is 10.9. The fourth-order valence-electron chi connectivity index (χ4n) is 8.77. The van der Waals surface area contributed by atoms with Gasteiger partial charge in [-0.05, 0) is 72.3 Å². The highest BCUT2D eigenvalue weighted by Gasteiger charge is 2.44. The molecule has 4 heterocycles. The summed E-state index contributed by atoms with van der Waals surface area (Å²) in [6, 6.07) is 6.64. The summed E-state index contributed by atoms with van der Waals surface area (Å²) in [5.74, 6) is 3.20. The van der Waals surface area contributed by atoms with Crippen molar-refractivity contribution in [2.75, 3.05) is 51.8 Å². The highest BCUT2D eigenvalue weighted by Crippen LogP contribution is 2.46. The molecular weight excluding hydrogens is 707 g/mol. The topological polar surface area (TPSA) is 99.1 Å². The predicted octanol–water partition coefficient (Wildman–Crippen LogP) is 8.37. The summed E-state index contributed by atoms with van der Waals surface area (Å²) in [6.45, 7) is 15.3. The number of hydrogen-bond donors (Lipinski definition) is 1. The number of fused-ring (bicyclic) bond motifs is 3. The molecular formula is C42H52F2N4O5Si. The first-order chi connectivity index (χ1) is 25.9. The van der Waals surface area contributed by atoms with Crippen molar-refractivity contribution < 1.29 is 32.8 Å². The molecule has 3 aliphatic rings. The van der Waals surface area contributed by atoms with Gasteiger partial charge in [-0.2, -0.15) is 9.97 Å². The van der Waals surface area contributed by atoms with Gasteiger partial charge >= 0.3 is 6.01 Å². The normalized spacial score (nSPS) is 18.1. The van der Waals surface area contributed by atoms with Gasteiger partial charge in [-0.15, -0.1) is 5.54 Å². The standard InChI is InChI=1S/C42H52F2N4O5Si/c1-25(2)54(26(3)4,27(5)6)18-13-31-33(43)11-9-28-19-30(53-24-50-7)20-32(35(28)31)38-37(44)39-36-34(45-38)12-10-29-21-51-17-8-16-48(29)40(36)47-41(46-39)52-23-42(22-49)14-15-42/h9,11,19-20,25-27,29,49H,8,10,12,14-17,21-24H2,1-7H3/t29-/m0/s1. The van der Waals surface area contributed by atoms with E-state index in [4.69, 9.17) is 33.9 Å². The second-order valence-electron chi connectivity index (χ2n) is 16.2. The number of anilines is 1. The van der Waals surface area contributed by atoms with Crippen LogP contribution in [0.25, 0.3) is 32.9 Å². The Morgan fingerprint density at radius 1 is 1.02 bits per heavy atom. The Bertz CT molecular complexity index is 2090. The average molecular weight is 759 g/mol. The maximum absolute atomic E-state index is 17.6. The molecule has 1 atom stereocenters. The van der Waals surface area contributed by atoms with E-state index in [-0.39, 0.29) is 54.2 Å². The van der Waals surface area contributed by atoms with Crippen molar-refractivity contribution >= 4 is 35.6 Å². The molecule has 2 aromatic carbocycles. The van der Waals surface area contributed by atoms with Crippen LogP contribution in [-0.4, -0.2) is 81.0 Å². The van der Waals surface area contributed by atoms with Crippen molar-refractivity contribution in [3.8, 4) is 34.5 Å². The molecule has 2 aliphatic heterocycles. The van der Waals surface area contributed by atoms with E-state index in [9.17, 15) is 5.11 Å². The van der Waals surface area contributed by atoms with Gasteiger partial charge in [0.1, 0.15) is 36.7 Å². The van der Waals surface area contributed by atoms with Crippen molar-refractivity contribution in [1.82, 2.24) is 15.0 Å². The minimum absolute atomic E-state index is 0.00116. The van der Waals surface area contributed by atoms with Gasteiger partial charge in [0.25, 0.3) is 0 Å². The van der Waals surface area contributed by atoms with Gasteiger partial charge in [-0.1, -0.05) is 53.5 Å². The van der Waals surface area contributed by atoms with Crippen molar-refractivity contribution in [2.45, 2.75) is 96.3 Å². The molecule has 0 spiro atoms. The lowest BCUT2D eigenvalue weighted by atomic mass is 9.95. The molecule has 12 heteroatoms. The van der Waals surface area contributed by atoms with Gasteiger partial charge in [-0.3, -0.25) is 0 Å². The number of rotatable bonds is 11. The number of aliphatic hydroxyl groups excluding tert-OH is 1. The summed E-state index contributed by atoms with van der Waals surface area (Å²) in [6.07, 6.45) is 3.71. The SMILES string of the molecule is COCOc1cc(-c2nc3c4c(nc(OCC5(CO)CC5)nc4c2F)N2CCCOC[C@@H]2CC3)c2c(C#C[Si](C(C)C)(C(C)C)C(C)C)c(F)ccc2c1. The summed E-state index contributed by atoms with van der Waals surface area (Å²) >= 11 is 0. The zero-order chi connectivity index (χ0) is 38.4. The minimum atomic E-state index is -2.28. The maximum atomic E-state index is 17.6. The number of pyridine rings is 1. The third-order valence-electron chi connectivity index (χ3n) is 12.0. The molecule has 2 aromatic heterocycles. The van der Waals surface area contributed by atoms with Crippen LogP contribution in [0.15, 0.2) is 24.3 Å². The molecule has 288 valence electrons. The molecule has 1 aliphatic carbocycles. The fraction of sp³-hybridized carbons (Fsp3) is 0.548. The van der Waals surface area contributed by atoms with Gasteiger partial charge in [-0.25, -0.2) is 13.8 Å². The maximum Gasteiger partial charge on any atom is 0.319 e. The first kappa shape index (κ1) is 38.4. The molecule has 1 saturated carbocycles. The monoisotopic (exact) mass is 758 g/mol. The van der Waals surface area contributed by atoms with Crippen LogP contribution in [0.4, 0.5) is 14.6 Å². The second kappa shape index (κ2) is 15.3. The molecule has 0 amide bonds. The summed E-state index contributed by atoms with van der Waals surface area (Å²) < 4.78 is 57.1. The number of aliphatic hydroxyl groups is 1. The number of ether oxygens (including phenoxy) is 4. The van der Waals surface area contributed by atoms with E-state index in [1.54, 1.807) is 18.2 Å². The largest absolute Gasteiger partial charge is 0.468 e. The lowest BCUT2D eigenvalue weighted by Crippen LogP contribution is -2.43. The Labute approximate surface area is 317 Å². The Balaban J connectivity index is 1.50. The molecule has 1 saturated heterocycles. The molecule has 0 radical (unpaired) electrons. The van der Waals surface area contributed by atoms with Gasteiger partial charge < -0.3 is 29.0 Å². The first-order valence-corrected chi connectivity index (χ1v) is 21.6. The molecule has 4 aromatic rings. The Hall–Kier alpha value is -3.89.